The maximum Gasteiger partial charge on any atom is 0.122 e. The SMILES string of the molecule is CC.CNC1CCc2c(cccc2OC)C1. The lowest BCUT2D eigenvalue weighted by molar-refractivity contribution is 0.400. The van der Waals surface area contributed by atoms with Gasteiger partial charge in [0.05, 0.1) is 7.11 Å². The number of ether oxygens (including phenoxy) is 1. The number of benzene rings is 1. The molecule has 1 aliphatic carbocycles. The summed E-state index contributed by atoms with van der Waals surface area (Å²) in [7, 11) is 3.79. The summed E-state index contributed by atoms with van der Waals surface area (Å²) in [6.45, 7) is 4.00. The van der Waals surface area contributed by atoms with Crippen LogP contribution in [0.4, 0.5) is 0 Å². The van der Waals surface area contributed by atoms with E-state index in [1.165, 1.54) is 17.5 Å². The summed E-state index contributed by atoms with van der Waals surface area (Å²) in [6.07, 6.45) is 3.47. The van der Waals surface area contributed by atoms with E-state index >= 15 is 0 Å². The number of nitrogens with one attached hydrogen (secondary N) is 1. The Morgan fingerprint density at radius 2 is 2.06 bits per heavy atom. The van der Waals surface area contributed by atoms with Gasteiger partial charge in [0, 0.05) is 6.04 Å². The van der Waals surface area contributed by atoms with Crippen LogP contribution in [0.1, 0.15) is 31.4 Å². The Labute approximate surface area is 99.0 Å². The minimum Gasteiger partial charge on any atom is -0.496 e. The van der Waals surface area contributed by atoms with Crippen LogP contribution in [-0.4, -0.2) is 20.2 Å². The Bertz CT molecular complexity index is 323. The highest BCUT2D eigenvalue weighted by molar-refractivity contribution is 5.42. The van der Waals surface area contributed by atoms with Crippen LogP contribution < -0.4 is 10.1 Å². The maximum atomic E-state index is 5.36. The predicted octanol–water partition coefficient (Wildman–Crippen LogP) is 2.80. The Kier molecular flexibility index (Phi) is 5.33. The molecule has 2 heteroatoms. The maximum absolute atomic E-state index is 5.36. The van der Waals surface area contributed by atoms with E-state index in [4.69, 9.17) is 4.74 Å². The molecular weight excluding hydrogens is 198 g/mol. The summed E-state index contributed by atoms with van der Waals surface area (Å²) >= 11 is 0. The monoisotopic (exact) mass is 221 g/mol. The summed E-state index contributed by atoms with van der Waals surface area (Å²) in [6, 6.07) is 6.98. The molecule has 1 aromatic rings. The van der Waals surface area contributed by atoms with E-state index in [-0.39, 0.29) is 0 Å². The van der Waals surface area contributed by atoms with Gasteiger partial charge in [-0.1, -0.05) is 26.0 Å². The van der Waals surface area contributed by atoms with Crippen LogP contribution in [-0.2, 0) is 12.8 Å². The number of likely N-dealkylation sites (N-methyl/N-ethyl adjacent to an activating group) is 1. The van der Waals surface area contributed by atoms with Gasteiger partial charge in [-0.2, -0.15) is 0 Å². The number of rotatable bonds is 2. The Hall–Kier alpha value is -1.02. The van der Waals surface area contributed by atoms with Crippen LogP contribution >= 0.6 is 0 Å². The van der Waals surface area contributed by atoms with Gasteiger partial charge in [0.15, 0.2) is 0 Å². The largest absolute Gasteiger partial charge is 0.496 e. The molecule has 16 heavy (non-hydrogen) atoms. The Morgan fingerprint density at radius 1 is 1.31 bits per heavy atom. The lowest BCUT2D eigenvalue weighted by Crippen LogP contribution is -2.31. The van der Waals surface area contributed by atoms with E-state index in [9.17, 15) is 0 Å². The topological polar surface area (TPSA) is 21.3 Å². The smallest absolute Gasteiger partial charge is 0.122 e. The van der Waals surface area contributed by atoms with Crippen molar-refractivity contribution in [3.8, 4) is 5.75 Å². The van der Waals surface area contributed by atoms with Gasteiger partial charge in [-0.25, -0.2) is 0 Å². The molecule has 0 fully saturated rings. The average molecular weight is 221 g/mol. The molecule has 0 saturated carbocycles. The second-order valence-electron chi connectivity index (χ2n) is 3.83. The third-order valence-corrected chi connectivity index (χ3v) is 3.07. The van der Waals surface area contributed by atoms with Crippen molar-refractivity contribution in [1.82, 2.24) is 5.32 Å². The zero-order chi connectivity index (χ0) is 12.0. The van der Waals surface area contributed by atoms with Crippen molar-refractivity contribution >= 4 is 0 Å². The van der Waals surface area contributed by atoms with Crippen molar-refractivity contribution in [3.63, 3.8) is 0 Å². The van der Waals surface area contributed by atoms with Crippen LogP contribution in [0.5, 0.6) is 5.75 Å². The van der Waals surface area contributed by atoms with Crippen molar-refractivity contribution in [2.45, 2.75) is 39.2 Å². The van der Waals surface area contributed by atoms with E-state index < -0.39 is 0 Å². The molecule has 0 radical (unpaired) electrons. The zero-order valence-electron chi connectivity index (χ0n) is 10.8. The van der Waals surface area contributed by atoms with Crippen molar-refractivity contribution in [1.29, 1.82) is 0 Å². The first-order valence-corrected chi connectivity index (χ1v) is 6.17. The fourth-order valence-electron chi connectivity index (χ4n) is 2.21. The molecule has 1 unspecified atom stereocenters. The van der Waals surface area contributed by atoms with Gasteiger partial charge in [0.1, 0.15) is 5.75 Å². The average Bonchev–Trinajstić information content (AvgIpc) is 2.39. The first-order chi connectivity index (χ1) is 7.85. The molecule has 1 aliphatic rings. The number of fused-ring (bicyclic) bond motifs is 1. The molecule has 2 rings (SSSR count). The van der Waals surface area contributed by atoms with Gasteiger partial charge in [-0.15, -0.1) is 0 Å². The third kappa shape index (κ3) is 2.76. The summed E-state index contributed by atoms with van der Waals surface area (Å²) in [4.78, 5) is 0. The molecule has 0 aromatic heterocycles. The van der Waals surface area contributed by atoms with Gasteiger partial charge in [0.25, 0.3) is 0 Å². The van der Waals surface area contributed by atoms with E-state index in [2.05, 4.69) is 23.5 Å². The predicted molar refractivity (Wildman–Crippen MR) is 69.2 cm³/mol. The highest BCUT2D eigenvalue weighted by Crippen LogP contribution is 2.29. The van der Waals surface area contributed by atoms with Crippen LogP contribution in [0, 0.1) is 0 Å². The molecule has 1 aromatic carbocycles. The number of methoxy groups -OCH3 is 1. The fourth-order valence-corrected chi connectivity index (χ4v) is 2.21. The normalized spacial score (nSPS) is 18.1. The van der Waals surface area contributed by atoms with Gasteiger partial charge >= 0.3 is 0 Å². The highest BCUT2D eigenvalue weighted by atomic mass is 16.5. The van der Waals surface area contributed by atoms with Gasteiger partial charge in [-0.05, 0) is 43.5 Å². The fraction of sp³-hybridized carbons (Fsp3) is 0.571. The summed E-state index contributed by atoms with van der Waals surface area (Å²) in [5.74, 6) is 1.05. The summed E-state index contributed by atoms with van der Waals surface area (Å²) < 4.78 is 5.36. The standard InChI is InChI=1S/C12H17NO.C2H6/c1-13-10-6-7-11-9(8-10)4-3-5-12(11)14-2;1-2/h3-5,10,13H,6-8H2,1-2H3;1-2H3. The third-order valence-electron chi connectivity index (χ3n) is 3.07. The van der Waals surface area contributed by atoms with Crippen LogP contribution in [0.3, 0.4) is 0 Å². The Balaban J connectivity index is 0.000000606. The molecule has 0 saturated heterocycles. The van der Waals surface area contributed by atoms with Crippen molar-refractivity contribution in [2.24, 2.45) is 0 Å². The minimum absolute atomic E-state index is 0.634. The van der Waals surface area contributed by atoms with Crippen LogP contribution in [0.25, 0.3) is 0 Å². The second-order valence-corrected chi connectivity index (χ2v) is 3.83. The molecule has 0 amide bonds. The molecule has 1 atom stereocenters. The van der Waals surface area contributed by atoms with Crippen molar-refractivity contribution in [2.75, 3.05) is 14.2 Å². The molecular formula is C14H23NO. The lowest BCUT2D eigenvalue weighted by Gasteiger charge is -2.25. The number of hydrogen-bond donors (Lipinski definition) is 1. The second kappa shape index (κ2) is 6.54. The van der Waals surface area contributed by atoms with E-state index in [1.54, 1.807) is 7.11 Å². The first kappa shape index (κ1) is 13.0. The van der Waals surface area contributed by atoms with Gasteiger partial charge in [0.2, 0.25) is 0 Å². The van der Waals surface area contributed by atoms with Gasteiger partial charge in [-0.3, -0.25) is 0 Å². The molecule has 0 bridgehead atoms. The molecule has 2 nitrogen and oxygen atoms in total. The quantitative estimate of drug-likeness (QED) is 0.829. The molecule has 90 valence electrons. The van der Waals surface area contributed by atoms with E-state index in [0.717, 1.165) is 18.6 Å². The summed E-state index contributed by atoms with van der Waals surface area (Å²) in [5.41, 5.74) is 2.84. The van der Waals surface area contributed by atoms with Crippen LogP contribution in [0.15, 0.2) is 18.2 Å². The highest BCUT2D eigenvalue weighted by Gasteiger charge is 2.19. The number of hydrogen-bond acceptors (Lipinski definition) is 2. The van der Waals surface area contributed by atoms with Crippen molar-refractivity contribution in [3.05, 3.63) is 29.3 Å². The Morgan fingerprint density at radius 3 is 2.69 bits per heavy atom. The van der Waals surface area contributed by atoms with Gasteiger partial charge < -0.3 is 10.1 Å². The zero-order valence-corrected chi connectivity index (χ0v) is 10.8. The molecule has 0 aliphatic heterocycles. The molecule has 0 heterocycles. The van der Waals surface area contributed by atoms with Crippen LogP contribution in [0.2, 0.25) is 0 Å². The minimum atomic E-state index is 0.634. The first-order valence-electron chi connectivity index (χ1n) is 6.17. The molecule has 0 spiro atoms. The van der Waals surface area contributed by atoms with Crippen molar-refractivity contribution < 1.29 is 4.74 Å². The van der Waals surface area contributed by atoms with E-state index in [1.807, 2.05) is 20.9 Å². The molecule has 1 N–H and O–H groups in total. The summed E-state index contributed by atoms with van der Waals surface area (Å²) in [5, 5.41) is 3.34. The van der Waals surface area contributed by atoms with E-state index in [0.29, 0.717) is 6.04 Å². The lowest BCUT2D eigenvalue weighted by atomic mass is 9.88.